The van der Waals surface area contributed by atoms with Crippen molar-refractivity contribution >= 4 is 37.8 Å². The summed E-state index contributed by atoms with van der Waals surface area (Å²) in [6, 6.07) is 7.59. The molecule has 2 rings (SSSR count). The topological polar surface area (TPSA) is 23.6 Å². The van der Waals surface area contributed by atoms with E-state index in [4.69, 9.17) is 0 Å². The number of alkyl halides is 1. The average Bonchev–Trinajstić information content (AvgIpc) is 2.39. The molecular weight excluding hydrogens is 360 g/mol. The van der Waals surface area contributed by atoms with E-state index in [1.807, 2.05) is 29.2 Å². The van der Waals surface area contributed by atoms with Crippen LogP contribution in [0.2, 0.25) is 0 Å². The summed E-state index contributed by atoms with van der Waals surface area (Å²) in [7, 11) is 0. The van der Waals surface area contributed by atoms with Crippen molar-refractivity contribution in [1.29, 1.82) is 0 Å². The summed E-state index contributed by atoms with van der Waals surface area (Å²) >= 11 is 6.85. The van der Waals surface area contributed by atoms with E-state index in [-0.39, 0.29) is 5.91 Å². The smallest absolute Gasteiger partial charge is 0.253 e. The summed E-state index contributed by atoms with van der Waals surface area (Å²) in [5, 5.41) is 0.993. The SMILES string of the molecule is O=C(c1cccc(Br)c1)N1CCN(CCBr)CC1. The first kappa shape index (κ1) is 14.0. The highest BCUT2D eigenvalue weighted by molar-refractivity contribution is 9.10. The van der Waals surface area contributed by atoms with Crippen molar-refractivity contribution in [1.82, 2.24) is 9.80 Å². The molecule has 0 unspecified atom stereocenters. The van der Waals surface area contributed by atoms with Crippen molar-refractivity contribution in [3.05, 3.63) is 34.3 Å². The summed E-state index contributed by atoms with van der Waals surface area (Å²) in [6.45, 7) is 4.62. The van der Waals surface area contributed by atoms with Gasteiger partial charge in [0.15, 0.2) is 0 Å². The largest absolute Gasteiger partial charge is 0.336 e. The maximum atomic E-state index is 12.3. The van der Waals surface area contributed by atoms with Gasteiger partial charge in [0.05, 0.1) is 0 Å². The molecule has 1 aromatic rings. The van der Waals surface area contributed by atoms with E-state index in [9.17, 15) is 4.79 Å². The van der Waals surface area contributed by atoms with Crippen molar-refractivity contribution in [2.45, 2.75) is 0 Å². The number of rotatable bonds is 3. The van der Waals surface area contributed by atoms with Crippen molar-refractivity contribution in [2.75, 3.05) is 38.1 Å². The second kappa shape index (κ2) is 6.68. The molecule has 3 nitrogen and oxygen atoms in total. The van der Waals surface area contributed by atoms with Crippen LogP contribution in [-0.2, 0) is 0 Å². The monoisotopic (exact) mass is 374 g/mol. The number of piperazine rings is 1. The standard InChI is InChI=1S/C13H16Br2N2O/c14-4-5-16-6-8-17(9-7-16)13(18)11-2-1-3-12(15)10-11/h1-3,10H,4-9H2. The summed E-state index contributed by atoms with van der Waals surface area (Å²) in [6.07, 6.45) is 0. The maximum absolute atomic E-state index is 12.3. The molecule has 1 heterocycles. The summed E-state index contributed by atoms with van der Waals surface area (Å²) < 4.78 is 0.950. The van der Waals surface area contributed by atoms with Gasteiger partial charge in [0.1, 0.15) is 0 Å². The lowest BCUT2D eigenvalue weighted by Gasteiger charge is -2.34. The predicted octanol–water partition coefficient (Wildman–Crippen LogP) is 2.60. The van der Waals surface area contributed by atoms with E-state index < -0.39 is 0 Å². The van der Waals surface area contributed by atoms with Gasteiger partial charge in [-0.05, 0) is 18.2 Å². The number of hydrogen-bond donors (Lipinski definition) is 0. The zero-order chi connectivity index (χ0) is 13.0. The predicted molar refractivity (Wildman–Crippen MR) is 80.3 cm³/mol. The number of carbonyl (C=O) groups is 1. The number of hydrogen-bond acceptors (Lipinski definition) is 2. The van der Waals surface area contributed by atoms with Gasteiger partial charge in [-0.3, -0.25) is 9.69 Å². The van der Waals surface area contributed by atoms with Crippen molar-refractivity contribution in [3.8, 4) is 0 Å². The molecule has 1 amide bonds. The Morgan fingerprint density at radius 1 is 1.22 bits per heavy atom. The van der Waals surface area contributed by atoms with Crippen LogP contribution >= 0.6 is 31.9 Å². The molecule has 0 radical (unpaired) electrons. The van der Waals surface area contributed by atoms with Gasteiger partial charge in [-0.25, -0.2) is 0 Å². The quantitative estimate of drug-likeness (QED) is 0.758. The molecule has 18 heavy (non-hydrogen) atoms. The van der Waals surface area contributed by atoms with Gasteiger partial charge >= 0.3 is 0 Å². The Hall–Kier alpha value is -0.390. The van der Waals surface area contributed by atoms with Crippen molar-refractivity contribution in [2.24, 2.45) is 0 Å². The zero-order valence-electron chi connectivity index (χ0n) is 10.1. The molecule has 1 aliphatic rings. The number of amides is 1. The average molecular weight is 376 g/mol. The third kappa shape index (κ3) is 3.56. The second-order valence-electron chi connectivity index (χ2n) is 4.33. The Bertz CT molecular complexity index is 417. The number of nitrogens with zero attached hydrogens (tertiary/aromatic N) is 2. The molecule has 0 saturated carbocycles. The molecule has 1 saturated heterocycles. The van der Waals surface area contributed by atoms with Crippen LogP contribution in [0.4, 0.5) is 0 Å². The lowest BCUT2D eigenvalue weighted by atomic mass is 10.2. The van der Waals surface area contributed by atoms with Crippen LogP contribution in [0.5, 0.6) is 0 Å². The van der Waals surface area contributed by atoms with Crippen LogP contribution < -0.4 is 0 Å². The van der Waals surface area contributed by atoms with Gasteiger partial charge in [0, 0.05) is 48.1 Å². The van der Waals surface area contributed by atoms with Crippen LogP contribution in [0, 0.1) is 0 Å². The number of halogens is 2. The van der Waals surface area contributed by atoms with E-state index in [0.29, 0.717) is 0 Å². The first-order chi connectivity index (χ1) is 8.70. The van der Waals surface area contributed by atoms with E-state index in [2.05, 4.69) is 36.8 Å². The van der Waals surface area contributed by atoms with E-state index in [1.54, 1.807) is 0 Å². The van der Waals surface area contributed by atoms with E-state index >= 15 is 0 Å². The Morgan fingerprint density at radius 2 is 1.94 bits per heavy atom. The molecule has 1 fully saturated rings. The van der Waals surface area contributed by atoms with E-state index in [1.165, 1.54) is 0 Å². The summed E-state index contributed by atoms with van der Waals surface area (Å²) in [5.74, 6) is 0.134. The minimum atomic E-state index is 0.134. The second-order valence-corrected chi connectivity index (χ2v) is 6.04. The van der Waals surface area contributed by atoms with Crippen LogP contribution in [-0.4, -0.2) is 53.8 Å². The van der Waals surface area contributed by atoms with Crippen LogP contribution in [0.3, 0.4) is 0 Å². The lowest BCUT2D eigenvalue weighted by Crippen LogP contribution is -2.49. The zero-order valence-corrected chi connectivity index (χ0v) is 13.3. The fraction of sp³-hybridized carbons (Fsp3) is 0.462. The molecule has 1 aliphatic heterocycles. The molecule has 0 aromatic heterocycles. The normalized spacial score (nSPS) is 16.9. The molecule has 98 valence electrons. The van der Waals surface area contributed by atoms with Gasteiger partial charge in [-0.1, -0.05) is 37.9 Å². The highest BCUT2D eigenvalue weighted by atomic mass is 79.9. The van der Waals surface area contributed by atoms with Gasteiger partial charge in [0.2, 0.25) is 0 Å². The lowest BCUT2D eigenvalue weighted by molar-refractivity contribution is 0.0645. The molecule has 0 N–H and O–H groups in total. The van der Waals surface area contributed by atoms with Gasteiger partial charge < -0.3 is 4.90 Å². The minimum absolute atomic E-state index is 0.134. The molecule has 0 spiro atoms. The minimum Gasteiger partial charge on any atom is -0.336 e. The van der Waals surface area contributed by atoms with Crippen molar-refractivity contribution < 1.29 is 4.79 Å². The molecule has 1 aromatic carbocycles. The number of carbonyl (C=O) groups excluding carboxylic acids is 1. The maximum Gasteiger partial charge on any atom is 0.253 e. The summed E-state index contributed by atoms with van der Waals surface area (Å²) in [5.41, 5.74) is 0.762. The third-order valence-corrected chi connectivity index (χ3v) is 3.98. The highest BCUT2D eigenvalue weighted by Gasteiger charge is 2.21. The van der Waals surface area contributed by atoms with Gasteiger partial charge in [-0.2, -0.15) is 0 Å². The molecule has 5 heteroatoms. The third-order valence-electron chi connectivity index (χ3n) is 3.13. The molecule has 0 bridgehead atoms. The Labute approximate surface area is 124 Å². The molecule has 0 aliphatic carbocycles. The van der Waals surface area contributed by atoms with Crippen LogP contribution in [0.25, 0.3) is 0 Å². The Balaban J connectivity index is 1.95. The fourth-order valence-electron chi connectivity index (χ4n) is 2.10. The molecule has 0 atom stereocenters. The highest BCUT2D eigenvalue weighted by Crippen LogP contribution is 2.14. The summed E-state index contributed by atoms with van der Waals surface area (Å²) in [4.78, 5) is 16.6. The first-order valence-electron chi connectivity index (χ1n) is 6.04. The van der Waals surface area contributed by atoms with E-state index in [0.717, 1.165) is 48.1 Å². The van der Waals surface area contributed by atoms with Gasteiger partial charge in [-0.15, -0.1) is 0 Å². The first-order valence-corrected chi connectivity index (χ1v) is 7.95. The molecular formula is C13H16Br2N2O. The fourth-order valence-corrected chi connectivity index (χ4v) is 3.00. The number of benzene rings is 1. The van der Waals surface area contributed by atoms with Gasteiger partial charge in [0.25, 0.3) is 5.91 Å². The van der Waals surface area contributed by atoms with Crippen LogP contribution in [0.15, 0.2) is 28.7 Å². The van der Waals surface area contributed by atoms with Crippen LogP contribution in [0.1, 0.15) is 10.4 Å². The van der Waals surface area contributed by atoms with Crippen molar-refractivity contribution in [3.63, 3.8) is 0 Å². The Kier molecular flexibility index (Phi) is 5.21. The Morgan fingerprint density at radius 3 is 2.56 bits per heavy atom.